The Hall–Kier alpha value is -1.18. The van der Waals surface area contributed by atoms with E-state index >= 15 is 0 Å². The topological polar surface area (TPSA) is 79.1 Å². The van der Waals surface area contributed by atoms with Gasteiger partial charge in [-0.25, -0.2) is 0 Å². The fourth-order valence-corrected chi connectivity index (χ4v) is 4.19. The van der Waals surface area contributed by atoms with Crippen LogP contribution in [0.3, 0.4) is 0 Å². The zero-order valence-corrected chi connectivity index (χ0v) is 14.5. The summed E-state index contributed by atoms with van der Waals surface area (Å²) in [5, 5.41) is 0. The predicted octanol–water partition coefficient (Wildman–Crippen LogP) is -0.493. The summed E-state index contributed by atoms with van der Waals surface area (Å²) in [6.07, 6.45) is 4.06. The van der Waals surface area contributed by atoms with Crippen molar-refractivity contribution in [2.24, 2.45) is 11.7 Å². The second kappa shape index (κ2) is 8.27. The van der Waals surface area contributed by atoms with Gasteiger partial charge in [0.2, 0.25) is 11.8 Å². The number of carbonyl (C=O) groups excluding carboxylic acids is 2. The Morgan fingerprint density at radius 2 is 1.67 bits per heavy atom. The third-order valence-electron chi connectivity index (χ3n) is 5.63. The second-order valence-corrected chi connectivity index (χ2v) is 7.09. The van der Waals surface area contributed by atoms with E-state index < -0.39 is 0 Å². The lowest BCUT2D eigenvalue weighted by atomic mass is 9.92. The van der Waals surface area contributed by atoms with Gasteiger partial charge in [0, 0.05) is 38.8 Å². The van der Waals surface area contributed by atoms with Crippen LogP contribution in [-0.4, -0.2) is 91.6 Å². The molecule has 3 heterocycles. The van der Waals surface area contributed by atoms with Gasteiger partial charge in [-0.1, -0.05) is 0 Å². The van der Waals surface area contributed by atoms with Crippen LogP contribution in [0.1, 0.15) is 25.7 Å². The van der Waals surface area contributed by atoms with Gasteiger partial charge in [0.1, 0.15) is 0 Å². The second-order valence-electron chi connectivity index (χ2n) is 7.09. The molecule has 2 amide bonds. The molecule has 0 aliphatic carbocycles. The van der Waals surface area contributed by atoms with Crippen molar-refractivity contribution in [2.45, 2.75) is 31.7 Å². The molecule has 0 aromatic rings. The first-order valence-corrected chi connectivity index (χ1v) is 9.27. The molecule has 1 atom stereocenters. The summed E-state index contributed by atoms with van der Waals surface area (Å²) in [5.41, 5.74) is 5.45. The summed E-state index contributed by atoms with van der Waals surface area (Å²) in [6.45, 7) is 6.41. The molecule has 3 rings (SSSR count). The molecule has 24 heavy (non-hydrogen) atoms. The minimum absolute atomic E-state index is 0.0486. The number of carbonyl (C=O) groups is 2. The van der Waals surface area contributed by atoms with E-state index in [1.165, 1.54) is 0 Å². The van der Waals surface area contributed by atoms with Gasteiger partial charge in [-0.3, -0.25) is 14.5 Å². The maximum atomic E-state index is 12.7. The van der Waals surface area contributed by atoms with Crippen LogP contribution in [0.25, 0.3) is 0 Å². The Morgan fingerprint density at radius 3 is 2.33 bits per heavy atom. The Morgan fingerprint density at radius 1 is 0.958 bits per heavy atom. The summed E-state index contributed by atoms with van der Waals surface area (Å²) >= 11 is 0. The maximum Gasteiger partial charge on any atom is 0.236 e. The molecule has 136 valence electrons. The van der Waals surface area contributed by atoms with Gasteiger partial charge in [0.05, 0.1) is 25.7 Å². The summed E-state index contributed by atoms with van der Waals surface area (Å²) < 4.78 is 5.35. The van der Waals surface area contributed by atoms with E-state index in [4.69, 9.17) is 10.5 Å². The molecule has 0 aromatic heterocycles. The SMILES string of the molecule is NCC(=O)N1CCC(N2CCC[C@H](C(=O)N3CCOCC3)C2)CC1. The van der Waals surface area contributed by atoms with Crippen LogP contribution in [0.4, 0.5) is 0 Å². The minimum Gasteiger partial charge on any atom is -0.378 e. The standard InChI is InChI=1S/C17H30N4O3/c18-12-16(22)19-6-3-15(4-7-19)21-5-1-2-14(13-21)17(23)20-8-10-24-11-9-20/h14-15H,1-13,18H2/t14-/m0/s1. The van der Waals surface area contributed by atoms with Gasteiger partial charge in [-0.15, -0.1) is 0 Å². The lowest BCUT2D eigenvalue weighted by Gasteiger charge is -2.43. The first-order chi connectivity index (χ1) is 11.7. The van der Waals surface area contributed by atoms with E-state index in [-0.39, 0.29) is 18.4 Å². The molecule has 0 spiro atoms. The van der Waals surface area contributed by atoms with E-state index in [1.807, 2.05) is 9.80 Å². The Balaban J connectivity index is 1.50. The minimum atomic E-state index is 0.0486. The summed E-state index contributed by atoms with van der Waals surface area (Å²) in [4.78, 5) is 30.8. The van der Waals surface area contributed by atoms with Gasteiger partial charge >= 0.3 is 0 Å². The quantitative estimate of drug-likeness (QED) is 0.751. The van der Waals surface area contributed by atoms with Crippen LogP contribution in [-0.2, 0) is 14.3 Å². The molecule has 3 aliphatic heterocycles. The fourth-order valence-electron chi connectivity index (χ4n) is 4.19. The maximum absolute atomic E-state index is 12.7. The molecule has 7 heteroatoms. The van der Waals surface area contributed by atoms with Crippen molar-refractivity contribution in [3.05, 3.63) is 0 Å². The van der Waals surface area contributed by atoms with Gasteiger partial charge in [-0.2, -0.15) is 0 Å². The first-order valence-electron chi connectivity index (χ1n) is 9.27. The molecule has 0 unspecified atom stereocenters. The highest BCUT2D eigenvalue weighted by atomic mass is 16.5. The molecule has 3 fully saturated rings. The number of nitrogens with two attached hydrogens (primary N) is 1. The Kier molecular flexibility index (Phi) is 6.08. The number of amides is 2. The molecule has 7 nitrogen and oxygen atoms in total. The largest absolute Gasteiger partial charge is 0.378 e. The van der Waals surface area contributed by atoms with Crippen LogP contribution in [0, 0.1) is 5.92 Å². The third kappa shape index (κ3) is 4.07. The molecular weight excluding hydrogens is 308 g/mol. The highest BCUT2D eigenvalue weighted by molar-refractivity contribution is 5.79. The lowest BCUT2D eigenvalue weighted by molar-refractivity contribution is -0.142. The van der Waals surface area contributed by atoms with Crippen molar-refractivity contribution in [1.29, 1.82) is 0 Å². The Bertz CT molecular complexity index is 445. The van der Waals surface area contributed by atoms with Crippen molar-refractivity contribution in [3.8, 4) is 0 Å². The molecule has 0 aromatic carbocycles. The molecule has 0 bridgehead atoms. The number of rotatable bonds is 3. The van der Waals surface area contributed by atoms with Crippen LogP contribution in [0.5, 0.6) is 0 Å². The fraction of sp³-hybridized carbons (Fsp3) is 0.882. The molecule has 3 aliphatic rings. The van der Waals surface area contributed by atoms with E-state index in [2.05, 4.69) is 4.90 Å². The monoisotopic (exact) mass is 338 g/mol. The summed E-state index contributed by atoms with van der Waals surface area (Å²) in [5.74, 6) is 0.478. The third-order valence-corrected chi connectivity index (χ3v) is 5.63. The smallest absolute Gasteiger partial charge is 0.236 e. The highest BCUT2D eigenvalue weighted by Crippen LogP contribution is 2.25. The van der Waals surface area contributed by atoms with Crippen LogP contribution < -0.4 is 5.73 Å². The number of likely N-dealkylation sites (tertiary alicyclic amines) is 2. The highest BCUT2D eigenvalue weighted by Gasteiger charge is 2.34. The zero-order valence-electron chi connectivity index (χ0n) is 14.5. The van der Waals surface area contributed by atoms with E-state index in [9.17, 15) is 9.59 Å². The van der Waals surface area contributed by atoms with Crippen LogP contribution in [0.15, 0.2) is 0 Å². The molecule has 0 saturated carbocycles. The number of ether oxygens (including phenoxy) is 1. The number of hydrogen-bond acceptors (Lipinski definition) is 5. The van der Waals surface area contributed by atoms with Crippen molar-refractivity contribution in [2.75, 3.05) is 59.0 Å². The van der Waals surface area contributed by atoms with Gasteiger partial charge in [0.15, 0.2) is 0 Å². The van der Waals surface area contributed by atoms with Crippen molar-refractivity contribution < 1.29 is 14.3 Å². The summed E-state index contributed by atoms with van der Waals surface area (Å²) in [6, 6.07) is 0.493. The van der Waals surface area contributed by atoms with E-state index in [0.29, 0.717) is 25.2 Å². The van der Waals surface area contributed by atoms with Gasteiger partial charge in [0.25, 0.3) is 0 Å². The number of morpholine rings is 1. The molecule has 3 saturated heterocycles. The molecule has 0 radical (unpaired) electrons. The number of piperidine rings is 2. The average molecular weight is 338 g/mol. The Labute approximate surface area is 144 Å². The average Bonchev–Trinajstić information content (AvgIpc) is 2.67. The van der Waals surface area contributed by atoms with Crippen molar-refractivity contribution in [1.82, 2.24) is 14.7 Å². The first kappa shape index (κ1) is 17.6. The number of hydrogen-bond donors (Lipinski definition) is 1. The summed E-state index contributed by atoms with van der Waals surface area (Å²) in [7, 11) is 0. The number of nitrogens with zero attached hydrogens (tertiary/aromatic N) is 3. The van der Waals surface area contributed by atoms with Gasteiger partial charge < -0.3 is 20.3 Å². The van der Waals surface area contributed by atoms with Crippen LogP contribution >= 0.6 is 0 Å². The normalized spacial score (nSPS) is 27.3. The van der Waals surface area contributed by atoms with E-state index in [0.717, 1.165) is 65.0 Å². The molecule has 2 N–H and O–H groups in total. The van der Waals surface area contributed by atoms with Gasteiger partial charge in [-0.05, 0) is 32.2 Å². The van der Waals surface area contributed by atoms with Crippen LogP contribution in [0.2, 0.25) is 0 Å². The molecular formula is C17H30N4O3. The lowest BCUT2D eigenvalue weighted by Crippen LogP contribution is -2.53. The van der Waals surface area contributed by atoms with Crippen molar-refractivity contribution in [3.63, 3.8) is 0 Å². The predicted molar refractivity (Wildman–Crippen MR) is 90.4 cm³/mol. The zero-order chi connectivity index (χ0) is 16.9. The van der Waals surface area contributed by atoms with E-state index in [1.54, 1.807) is 0 Å². The van der Waals surface area contributed by atoms with Crippen molar-refractivity contribution >= 4 is 11.8 Å².